The van der Waals surface area contributed by atoms with Gasteiger partial charge in [0, 0.05) is 5.69 Å². The highest BCUT2D eigenvalue weighted by Crippen LogP contribution is 2.34. The van der Waals surface area contributed by atoms with Gasteiger partial charge >= 0.3 is 0 Å². The molecule has 0 aromatic heterocycles. The summed E-state index contributed by atoms with van der Waals surface area (Å²) in [5.74, 6) is 0.402. The number of thioether (sulfide) groups is 1. The van der Waals surface area contributed by atoms with Gasteiger partial charge in [0.1, 0.15) is 18.4 Å². The molecule has 3 rings (SSSR count). The van der Waals surface area contributed by atoms with Crippen molar-refractivity contribution in [3.63, 3.8) is 0 Å². The van der Waals surface area contributed by atoms with E-state index in [1.54, 1.807) is 48.5 Å². The monoisotopic (exact) mass is 467 g/mol. The van der Waals surface area contributed by atoms with Crippen LogP contribution in [0.2, 0.25) is 0 Å². The lowest BCUT2D eigenvalue weighted by Gasteiger charge is -2.13. The number of carbonyl (C=O) groups is 3. The molecule has 1 aliphatic heterocycles. The van der Waals surface area contributed by atoms with Crippen molar-refractivity contribution in [3.05, 3.63) is 52.9 Å². The zero-order chi connectivity index (χ0) is 23.8. The van der Waals surface area contributed by atoms with Gasteiger partial charge in [-0.1, -0.05) is 6.07 Å². The van der Waals surface area contributed by atoms with Gasteiger partial charge in [-0.25, -0.2) is 0 Å². The molecule has 0 spiro atoms. The molecule has 0 radical (unpaired) electrons. The Kier molecular flexibility index (Phi) is 7.94. The van der Waals surface area contributed by atoms with Gasteiger partial charge < -0.3 is 19.5 Å². The van der Waals surface area contributed by atoms with Crippen molar-refractivity contribution in [1.82, 2.24) is 4.90 Å². The molecule has 170 valence electrons. The Labute approximate surface area is 194 Å². The van der Waals surface area contributed by atoms with Crippen LogP contribution in [0.5, 0.6) is 17.2 Å². The molecule has 2 aromatic rings. The minimum absolute atomic E-state index is 0.128. The largest absolute Gasteiger partial charge is 0.497 e. The van der Waals surface area contributed by atoms with E-state index in [1.165, 1.54) is 7.11 Å². The summed E-state index contributed by atoms with van der Waals surface area (Å²) in [7, 11) is 1.54. The number of nitrogens with one attached hydrogen (secondary N) is 1. The fourth-order valence-electron chi connectivity index (χ4n) is 2.92. The van der Waals surface area contributed by atoms with Crippen molar-refractivity contribution in [2.45, 2.75) is 6.92 Å². The van der Waals surface area contributed by atoms with Crippen molar-refractivity contribution >= 4 is 40.6 Å². The highest BCUT2D eigenvalue weighted by atomic mass is 32.2. The molecule has 2 aromatic carbocycles. The van der Waals surface area contributed by atoms with Crippen LogP contribution < -0.4 is 19.5 Å². The third-order valence-electron chi connectivity index (χ3n) is 4.41. The number of hydrogen-bond donors (Lipinski definition) is 1. The predicted octanol–water partition coefficient (Wildman–Crippen LogP) is 3.67. The first-order valence-electron chi connectivity index (χ1n) is 9.91. The fourth-order valence-corrected chi connectivity index (χ4v) is 3.76. The first-order chi connectivity index (χ1) is 15.9. The van der Waals surface area contributed by atoms with E-state index in [-0.39, 0.29) is 11.5 Å². The summed E-state index contributed by atoms with van der Waals surface area (Å²) in [4.78, 5) is 38.5. The van der Waals surface area contributed by atoms with Crippen LogP contribution in [0.4, 0.5) is 10.5 Å². The van der Waals surface area contributed by atoms with Gasteiger partial charge in [0.2, 0.25) is 5.91 Å². The number of nitriles is 1. The zero-order valence-electron chi connectivity index (χ0n) is 18.0. The van der Waals surface area contributed by atoms with Gasteiger partial charge in [0.15, 0.2) is 18.1 Å². The van der Waals surface area contributed by atoms with Crippen LogP contribution in [0.3, 0.4) is 0 Å². The van der Waals surface area contributed by atoms with Gasteiger partial charge in [-0.15, -0.1) is 0 Å². The highest BCUT2D eigenvalue weighted by molar-refractivity contribution is 8.18. The van der Waals surface area contributed by atoms with Gasteiger partial charge in [0.05, 0.1) is 18.6 Å². The van der Waals surface area contributed by atoms with E-state index < -0.39 is 23.6 Å². The standard InChI is InChI=1S/C23H21N3O6S/c1-3-31-19-12-15(4-9-18(19)32-11-10-24)13-20-22(28)26(23(29)33-20)14-21(27)25-16-5-7-17(30-2)8-6-16/h4-9,12-13H,3,11,14H2,1-2H3,(H,25,27)/b20-13-. The molecule has 33 heavy (non-hydrogen) atoms. The van der Waals surface area contributed by atoms with Gasteiger partial charge in [0.25, 0.3) is 11.1 Å². The topological polar surface area (TPSA) is 118 Å². The Morgan fingerprint density at radius 3 is 2.58 bits per heavy atom. The quantitative estimate of drug-likeness (QED) is 0.555. The summed E-state index contributed by atoms with van der Waals surface area (Å²) < 4.78 is 15.9. The van der Waals surface area contributed by atoms with Crippen LogP contribution in [0.1, 0.15) is 12.5 Å². The Bertz CT molecular complexity index is 1120. The predicted molar refractivity (Wildman–Crippen MR) is 123 cm³/mol. The molecular formula is C23H21N3O6S. The number of carbonyl (C=O) groups excluding carboxylic acids is 3. The Morgan fingerprint density at radius 1 is 1.15 bits per heavy atom. The van der Waals surface area contributed by atoms with Crippen molar-refractivity contribution < 1.29 is 28.6 Å². The van der Waals surface area contributed by atoms with Crippen molar-refractivity contribution in [1.29, 1.82) is 5.26 Å². The summed E-state index contributed by atoms with van der Waals surface area (Å²) in [5.41, 5.74) is 1.13. The molecule has 1 fully saturated rings. The number of hydrogen-bond acceptors (Lipinski definition) is 8. The van der Waals surface area contributed by atoms with Crippen LogP contribution in [-0.4, -0.2) is 48.8 Å². The average molecular weight is 468 g/mol. The SMILES string of the molecule is CCOc1cc(/C=C2\SC(=O)N(CC(=O)Nc3ccc(OC)cc3)C2=O)ccc1OCC#N. The fraction of sp³-hybridized carbons (Fsp3) is 0.217. The van der Waals surface area contributed by atoms with E-state index in [2.05, 4.69) is 5.32 Å². The van der Waals surface area contributed by atoms with E-state index in [0.29, 0.717) is 35.1 Å². The summed E-state index contributed by atoms with van der Waals surface area (Å²) in [6.07, 6.45) is 1.54. The lowest BCUT2D eigenvalue weighted by atomic mass is 10.2. The average Bonchev–Trinajstić information content (AvgIpc) is 3.06. The van der Waals surface area contributed by atoms with Crippen LogP contribution in [0.15, 0.2) is 47.4 Å². The third kappa shape index (κ3) is 6.05. The second-order valence-corrected chi connectivity index (χ2v) is 7.62. The number of rotatable bonds is 9. The van der Waals surface area contributed by atoms with Crippen LogP contribution in [0, 0.1) is 11.3 Å². The lowest BCUT2D eigenvalue weighted by molar-refractivity contribution is -0.127. The highest BCUT2D eigenvalue weighted by Gasteiger charge is 2.36. The van der Waals surface area contributed by atoms with E-state index in [1.807, 2.05) is 13.0 Å². The van der Waals surface area contributed by atoms with Crippen LogP contribution >= 0.6 is 11.8 Å². The molecule has 10 heteroatoms. The molecule has 0 aliphatic carbocycles. The van der Waals surface area contributed by atoms with Gasteiger partial charge in [-0.2, -0.15) is 5.26 Å². The van der Waals surface area contributed by atoms with Crippen molar-refractivity contribution in [2.24, 2.45) is 0 Å². The minimum Gasteiger partial charge on any atom is -0.497 e. The molecule has 1 N–H and O–H groups in total. The summed E-state index contributed by atoms with van der Waals surface area (Å²) in [6, 6.07) is 13.5. The molecule has 0 unspecified atom stereocenters. The number of nitrogens with zero attached hydrogens (tertiary/aromatic N) is 2. The first kappa shape index (κ1) is 23.7. The summed E-state index contributed by atoms with van der Waals surface area (Å²) in [6.45, 7) is 1.66. The van der Waals surface area contributed by atoms with Gasteiger partial charge in [-0.3, -0.25) is 19.3 Å². The van der Waals surface area contributed by atoms with Crippen molar-refractivity contribution in [2.75, 3.05) is 32.2 Å². The molecule has 9 nitrogen and oxygen atoms in total. The van der Waals surface area contributed by atoms with E-state index in [0.717, 1.165) is 16.7 Å². The number of imide groups is 1. The zero-order valence-corrected chi connectivity index (χ0v) is 18.8. The summed E-state index contributed by atoms with van der Waals surface area (Å²) in [5, 5.41) is 10.8. The first-order valence-corrected chi connectivity index (χ1v) is 10.7. The Balaban J connectivity index is 1.70. The van der Waals surface area contributed by atoms with Crippen molar-refractivity contribution in [3.8, 4) is 23.3 Å². The maximum Gasteiger partial charge on any atom is 0.294 e. The molecule has 0 bridgehead atoms. The molecule has 1 saturated heterocycles. The van der Waals surface area contributed by atoms with Crippen LogP contribution in [0.25, 0.3) is 6.08 Å². The number of methoxy groups -OCH3 is 1. The molecule has 1 heterocycles. The molecule has 0 atom stereocenters. The number of anilines is 1. The second kappa shape index (κ2) is 11.1. The third-order valence-corrected chi connectivity index (χ3v) is 5.31. The lowest BCUT2D eigenvalue weighted by Crippen LogP contribution is -2.36. The Hall–Kier alpha value is -3.97. The van der Waals surface area contributed by atoms with Gasteiger partial charge in [-0.05, 0) is 66.7 Å². The number of benzene rings is 2. The normalized spacial score (nSPS) is 14.2. The Morgan fingerprint density at radius 2 is 1.91 bits per heavy atom. The van der Waals surface area contributed by atoms with Crippen LogP contribution in [-0.2, 0) is 9.59 Å². The van der Waals surface area contributed by atoms with E-state index in [9.17, 15) is 14.4 Å². The minimum atomic E-state index is -0.558. The number of ether oxygens (including phenoxy) is 3. The second-order valence-electron chi connectivity index (χ2n) is 6.63. The molecule has 1 aliphatic rings. The maximum atomic E-state index is 12.7. The molecule has 3 amide bonds. The van der Waals surface area contributed by atoms with E-state index >= 15 is 0 Å². The number of amides is 3. The molecule has 0 saturated carbocycles. The maximum absolute atomic E-state index is 12.7. The van der Waals surface area contributed by atoms with E-state index in [4.69, 9.17) is 19.5 Å². The smallest absolute Gasteiger partial charge is 0.294 e. The molecular weight excluding hydrogens is 446 g/mol. The summed E-state index contributed by atoms with van der Waals surface area (Å²) >= 11 is 0.754.